The van der Waals surface area contributed by atoms with E-state index in [0.29, 0.717) is 22.6 Å². The number of piperidine rings is 1. The van der Waals surface area contributed by atoms with Crippen LogP contribution in [0.4, 0.5) is 21.9 Å². The van der Waals surface area contributed by atoms with Crippen molar-refractivity contribution >= 4 is 53.8 Å². The Morgan fingerprint density at radius 2 is 1.48 bits per heavy atom. The number of nitrogens with two attached hydrogens (primary N) is 1. The number of nitrogens with one attached hydrogen (secondary N) is 3. The number of urea groups is 1. The molecule has 0 aliphatic carbocycles. The van der Waals surface area contributed by atoms with E-state index >= 15 is 0 Å². The SMILES string of the molecule is CN1CCC(NC(=O)Nc2ccc(NC(=O)c3ccccc3N)cc2)CC1.Cl.Cl. The third kappa shape index (κ3) is 7.12. The van der Waals surface area contributed by atoms with Gasteiger partial charge in [0.15, 0.2) is 0 Å². The summed E-state index contributed by atoms with van der Waals surface area (Å²) in [6.07, 6.45) is 1.91. The summed E-state index contributed by atoms with van der Waals surface area (Å²) >= 11 is 0. The number of nitrogen functional groups attached to an aromatic ring is 1. The second-order valence-corrected chi connectivity index (χ2v) is 6.79. The first kappa shape index (κ1) is 24.6. The number of halogens is 2. The molecular formula is C20H27Cl2N5O2. The molecule has 1 heterocycles. The largest absolute Gasteiger partial charge is 0.398 e. The molecule has 3 rings (SSSR count). The average Bonchev–Trinajstić information content (AvgIpc) is 2.65. The van der Waals surface area contributed by atoms with E-state index < -0.39 is 0 Å². The van der Waals surface area contributed by atoms with E-state index in [0.717, 1.165) is 25.9 Å². The van der Waals surface area contributed by atoms with Crippen molar-refractivity contribution in [3.8, 4) is 0 Å². The van der Waals surface area contributed by atoms with Crippen LogP contribution in [-0.2, 0) is 0 Å². The molecule has 0 saturated carbocycles. The lowest BCUT2D eigenvalue weighted by molar-refractivity contribution is 0.102. The normalized spacial score (nSPS) is 14.1. The van der Waals surface area contributed by atoms with Gasteiger partial charge in [-0.1, -0.05) is 12.1 Å². The second kappa shape index (κ2) is 11.5. The number of benzene rings is 2. The molecule has 1 aliphatic heterocycles. The second-order valence-electron chi connectivity index (χ2n) is 6.79. The number of para-hydroxylation sites is 1. The first-order valence-electron chi connectivity index (χ1n) is 9.03. The van der Waals surface area contributed by atoms with Crippen LogP contribution in [0.5, 0.6) is 0 Å². The number of nitrogens with zero attached hydrogens (tertiary/aromatic N) is 1. The van der Waals surface area contributed by atoms with Gasteiger partial charge in [-0.3, -0.25) is 4.79 Å². The number of hydrogen-bond donors (Lipinski definition) is 4. The zero-order valence-corrected chi connectivity index (χ0v) is 17.8. The summed E-state index contributed by atoms with van der Waals surface area (Å²) in [5, 5.41) is 8.62. The van der Waals surface area contributed by atoms with Gasteiger partial charge in [-0.25, -0.2) is 4.79 Å². The van der Waals surface area contributed by atoms with E-state index in [1.807, 2.05) is 0 Å². The molecule has 0 radical (unpaired) electrons. The predicted molar refractivity (Wildman–Crippen MR) is 122 cm³/mol. The topological polar surface area (TPSA) is 99.5 Å². The zero-order chi connectivity index (χ0) is 19.2. The smallest absolute Gasteiger partial charge is 0.319 e. The van der Waals surface area contributed by atoms with Gasteiger partial charge in [-0.2, -0.15) is 0 Å². The molecule has 3 amide bonds. The summed E-state index contributed by atoms with van der Waals surface area (Å²) in [5.74, 6) is -0.270. The highest BCUT2D eigenvalue weighted by molar-refractivity contribution is 6.07. The van der Waals surface area contributed by atoms with Gasteiger partial charge in [0.1, 0.15) is 0 Å². The first-order valence-corrected chi connectivity index (χ1v) is 9.03. The minimum atomic E-state index is -0.270. The van der Waals surface area contributed by atoms with Gasteiger partial charge in [-0.15, -0.1) is 24.8 Å². The first-order chi connectivity index (χ1) is 13.0. The average molecular weight is 440 g/mol. The fourth-order valence-corrected chi connectivity index (χ4v) is 3.04. The van der Waals surface area contributed by atoms with Crippen LogP contribution < -0.4 is 21.7 Å². The van der Waals surface area contributed by atoms with Crippen LogP contribution in [0.3, 0.4) is 0 Å². The fourth-order valence-electron chi connectivity index (χ4n) is 3.04. The van der Waals surface area contributed by atoms with Crippen molar-refractivity contribution in [2.24, 2.45) is 0 Å². The van der Waals surface area contributed by atoms with Crippen molar-refractivity contribution in [1.29, 1.82) is 0 Å². The lowest BCUT2D eigenvalue weighted by atomic mass is 10.1. The van der Waals surface area contributed by atoms with Crippen LogP contribution in [0, 0.1) is 0 Å². The van der Waals surface area contributed by atoms with Gasteiger partial charge in [0.05, 0.1) is 5.56 Å². The van der Waals surface area contributed by atoms with E-state index in [1.165, 1.54) is 0 Å². The van der Waals surface area contributed by atoms with Crippen molar-refractivity contribution in [2.75, 3.05) is 36.5 Å². The zero-order valence-electron chi connectivity index (χ0n) is 16.2. The number of hydrogen-bond acceptors (Lipinski definition) is 4. The molecule has 2 aromatic rings. The Kier molecular flexibility index (Phi) is 9.74. The number of rotatable bonds is 4. The number of likely N-dealkylation sites (tertiary alicyclic amines) is 1. The minimum absolute atomic E-state index is 0. The molecule has 9 heteroatoms. The van der Waals surface area contributed by atoms with Crippen LogP contribution in [0.25, 0.3) is 0 Å². The Hall–Kier alpha value is -2.48. The van der Waals surface area contributed by atoms with Crippen LogP contribution in [0.2, 0.25) is 0 Å². The van der Waals surface area contributed by atoms with Crippen LogP contribution in [0.1, 0.15) is 23.2 Å². The Morgan fingerprint density at radius 3 is 2.07 bits per heavy atom. The van der Waals surface area contributed by atoms with Crippen molar-refractivity contribution in [3.05, 3.63) is 54.1 Å². The molecule has 29 heavy (non-hydrogen) atoms. The van der Waals surface area contributed by atoms with Crippen molar-refractivity contribution in [3.63, 3.8) is 0 Å². The lowest BCUT2D eigenvalue weighted by Gasteiger charge is -2.29. The highest BCUT2D eigenvalue weighted by atomic mass is 35.5. The highest BCUT2D eigenvalue weighted by Crippen LogP contribution is 2.17. The van der Waals surface area contributed by atoms with Gasteiger partial charge < -0.3 is 26.6 Å². The molecule has 1 aliphatic rings. The molecule has 1 saturated heterocycles. The number of carbonyl (C=O) groups is 2. The molecule has 0 spiro atoms. The molecule has 0 unspecified atom stereocenters. The van der Waals surface area contributed by atoms with Gasteiger partial charge in [0.25, 0.3) is 5.91 Å². The van der Waals surface area contributed by atoms with E-state index in [9.17, 15) is 9.59 Å². The summed E-state index contributed by atoms with van der Waals surface area (Å²) in [7, 11) is 2.09. The molecule has 5 N–H and O–H groups in total. The molecule has 158 valence electrons. The van der Waals surface area contributed by atoms with E-state index in [4.69, 9.17) is 5.73 Å². The summed E-state index contributed by atoms with van der Waals surface area (Å²) in [6.45, 7) is 1.98. The third-order valence-electron chi connectivity index (χ3n) is 4.66. The van der Waals surface area contributed by atoms with Gasteiger partial charge in [0, 0.05) is 23.1 Å². The third-order valence-corrected chi connectivity index (χ3v) is 4.66. The summed E-state index contributed by atoms with van der Waals surface area (Å²) in [5.41, 5.74) is 7.97. The Balaban J connectivity index is 0.00000210. The predicted octanol–water partition coefficient (Wildman–Crippen LogP) is 3.58. The van der Waals surface area contributed by atoms with Crippen molar-refractivity contribution in [2.45, 2.75) is 18.9 Å². The summed E-state index contributed by atoms with van der Waals surface area (Å²) < 4.78 is 0. The van der Waals surface area contributed by atoms with Crippen molar-refractivity contribution in [1.82, 2.24) is 10.2 Å². The van der Waals surface area contributed by atoms with Crippen LogP contribution >= 0.6 is 24.8 Å². The molecule has 0 bridgehead atoms. The maximum Gasteiger partial charge on any atom is 0.319 e. The monoisotopic (exact) mass is 439 g/mol. The van der Waals surface area contributed by atoms with E-state index in [-0.39, 0.29) is 42.8 Å². The molecule has 0 aromatic heterocycles. The Morgan fingerprint density at radius 1 is 0.931 bits per heavy atom. The maximum atomic E-state index is 12.3. The number of carbonyl (C=O) groups excluding carboxylic acids is 2. The lowest BCUT2D eigenvalue weighted by Crippen LogP contribution is -2.44. The van der Waals surface area contributed by atoms with Gasteiger partial charge in [0.2, 0.25) is 0 Å². The molecule has 0 atom stereocenters. The minimum Gasteiger partial charge on any atom is -0.398 e. The standard InChI is InChI=1S/C20H25N5O2.2ClH/c1-25-12-10-16(11-13-25)24-20(27)23-15-8-6-14(7-9-15)22-19(26)17-4-2-3-5-18(17)21;;/h2-9,16H,10-13,21H2,1H3,(H,22,26)(H2,23,24,27);2*1H. The number of anilines is 3. The quantitative estimate of drug-likeness (QED) is 0.546. The fraction of sp³-hybridized carbons (Fsp3) is 0.300. The van der Waals surface area contributed by atoms with Crippen LogP contribution in [0.15, 0.2) is 48.5 Å². The van der Waals surface area contributed by atoms with Crippen LogP contribution in [-0.4, -0.2) is 43.0 Å². The molecule has 7 nitrogen and oxygen atoms in total. The highest BCUT2D eigenvalue weighted by Gasteiger charge is 2.18. The molecule has 1 fully saturated rings. The summed E-state index contributed by atoms with van der Waals surface area (Å²) in [4.78, 5) is 26.7. The van der Waals surface area contributed by atoms with E-state index in [2.05, 4.69) is 27.9 Å². The maximum absolute atomic E-state index is 12.3. The van der Waals surface area contributed by atoms with Crippen molar-refractivity contribution < 1.29 is 9.59 Å². The van der Waals surface area contributed by atoms with Gasteiger partial charge >= 0.3 is 6.03 Å². The van der Waals surface area contributed by atoms with Gasteiger partial charge in [-0.05, 0) is 69.4 Å². The molecule has 2 aromatic carbocycles. The Labute approximate surface area is 183 Å². The molecular weight excluding hydrogens is 413 g/mol. The number of amides is 3. The summed E-state index contributed by atoms with van der Waals surface area (Å²) in [6, 6.07) is 13.9. The van der Waals surface area contributed by atoms with E-state index in [1.54, 1.807) is 48.5 Å². The Bertz CT molecular complexity index is 809.